The number of benzene rings is 1. The summed E-state index contributed by atoms with van der Waals surface area (Å²) in [5.74, 6) is 0.686. The molecule has 0 saturated carbocycles. The van der Waals surface area contributed by atoms with Crippen LogP contribution in [-0.4, -0.2) is 35.2 Å². The molecule has 3 aromatic rings. The summed E-state index contributed by atoms with van der Waals surface area (Å²) in [6.45, 7) is 2.71. The Morgan fingerprint density at radius 1 is 1.32 bits per heavy atom. The van der Waals surface area contributed by atoms with Crippen LogP contribution in [0.2, 0.25) is 0 Å². The summed E-state index contributed by atoms with van der Waals surface area (Å²) in [6, 6.07) is 11.4. The Bertz CT molecular complexity index is 828. The molecule has 0 amide bonds. The first-order valence-corrected chi connectivity index (χ1v) is 8.71. The highest BCUT2D eigenvalue weighted by Crippen LogP contribution is 2.25. The molecular weight excluding hydrogens is 338 g/mol. The fourth-order valence-electron chi connectivity index (χ4n) is 2.41. The molecule has 1 unspecified atom stereocenters. The lowest BCUT2D eigenvalue weighted by atomic mass is 10.1. The highest BCUT2D eigenvalue weighted by molar-refractivity contribution is 7.10. The van der Waals surface area contributed by atoms with E-state index in [9.17, 15) is 4.79 Å². The summed E-state index contributed by atoms with van der Waals surface area (Å²) < 4.78 is 10.1. The van der Waals surface area contributed by atoms with Gasteiger partial charge in [0.1, 0.15) is 0 Å². The Hall–Kier alpha value is -2.51. The third-order valence-electron chi connectivity index (χ3n) is 4.03. The van der Waals surface area contributed by atoms with Crippen LogP contribution in [0.15, 0.2) is 46.3 Å². The van der Waals surface area contributed by atoms with Gasteiger partial charge in [-0.15, -0.1) is 11.3 Å². The highest BCUT2D eigenvalue weighted by atomic mass is 32.1. The number of carbonyl (C=O) groups excluding carboxylic acids is 1. The van der Waals surface area contributed by atoms with Gasteiger partial charge < -0.3 is 9.26 Å². The number of ether oxygens (including phenoxy) is 1. The van der Waals surface area contributed by atoms with Crippen LogP contribution in [0.4, 0.5) is 0 Å². The average molecular weight is 357 g/mol. The van der Waals surface area contributed by atoms with E-state index in [1.54, 1.807) is 35.6 Å². The quantitative estimate of drug-likeness (QED) is 0.626. The van der Waals surface area contributed by atoms with Gasteiger partial charge in [0.05, 0.1) is 19.2 Å². The van der Waals surface area contributed by atoms with Crippen LogP contribution in [0.3, 0.4) is 0 Å². The van der Waals surface area contributed by atoms with Crippen molar-refractivity contribution < 1.29 is 14.1 Å². The van der Waals surface area contributed by atoms with E-state index in [1.807, 2.05) is 13.1 Å². The number of esters is 1. The van der Waals surface area contributed by atoms with Crippen molar-refractivity contribution in [3.05, 3.63) is 58.1 Å². The first kappa shape index (κ1) is 17.3. The zero-order valence-corrected chi connectivity index (χ0v) is 15.1. The van der Waals surface area contributed by atoms with Crippen molar-refractivity contribution >= 4 is 17.3 Å². The van der Waals surface area contributed by atoms with Crippen molar-refractivity contribution in [3.63, 3.8) is 0 Å². The molecule has 130 valence electrons. The molecular formula is C18H19N3O3S. The number of rotatable bonds is 6. The first-order valence-electron chi connectivity index (χ1n) is 7.83. The van der Waals surface area contributed by atoms with Crippen molar-refractivity contribution in [2.24, 2.45) is 0 Å². The molecule has 0 fully saturated rings. The van der Waals surface area contributed by atoms with Crippen LogP contribution in [0.1, 0.15) is 34.1 Å². The zero-order chi connectivity index (χ0) is 17.8. The van der Waals surface area contributed by atoms with Crippen LogP contribution in [0.5, 0.6) is 0 Å². The molecule has 0 spiro atoms. The molecule has 0 bridgehead atoms. The lowest BCUT2D eigenvalue weighted by Gasteiger charge is -2.21. The van der Waals surface area contributed by atoms with Gasteiger partial charge in [0, 0.05) is 16.5 Å². The van der Waals surface area contributed by atoms with Gasteiger partial charge in [-0.05, 0) is 37.6 Å². The number of hydrogen-bond donors (Lipinski definition) is 0. The summed E-state index contributed by atoms with van der Waals surface area (Å²) in [5, 5.41) is 6.10. The van der Waals surface area contributed by atoms with Gasteiger partial charge in [-0.2, -0.15) is 4.98 Å². The summed E-state index contributed by atoms with van der Waals surface area (Å²) in [7, 11) is 3.38. The lowest BCUT2D eigenvalue weighted by molar-refractivity contribution is 0.0601. The van der Waals surface area contributed by atoms with Crippen molar-refractivity contribution in [1.29, 1.82) is 0 Å². The highest BCUT2D eigenvalue weighted by Gasteiger charge is 2.17. The summed E-state index contributed by atoms with van der Waals surface area (Å²) in [4.78, 5) is 19.4. The Kier molecular flexibility index (Phi) is 5.25. The number of hydrogen-bond acceptors (Lipinski definition) is 7. The monoisotopic (exact) mass is 357 g/mol. The summed E-state index contributed by atoms with van der Waals surface area (Å²) in [5.41, 5.74) is 1.27. The lowest BCUT2D eigenvalue weighted by Crippen LogP contribution is -2.21. The molecule has 0 saturated heterocycles. The molecule has 1 atom stereocenters. The summed E-state index contributed by atoms with van der Waals surface area (Å²) >= 11 is 1.73. The number of thiophene rings is 1. The molecule has 1 aromatic carbocycles. The first-order chi connectivity index (χ1) is 12.1. The molecule has 25 heavy (non-hydrogen) atoms. The van der Waals surface area contributed by atoms with Crippen molar-refractivity contribution in [2.75, 3.05) is 14.2 Å². The minimum absolute atomic E-state index is 0.273. The van der Waals surface area contributed by atoms with Gasteiger partial charge >= 0.3 is 5.97 Å². The largest absolute Gasteiger partial charge is 0.465 e. The van der Waals surface area contributed by atoms with Gasteiger partial charge in [0.25, 0.3) is 0 Å². The second-order valence-electron chi connectivity index (χ2n) is 5.69. The molecule has 2 heterocycles. The summed E-state index contributed by atoms with van der Waals surface area (Å²) in [6.07, 6.45) is 0. The number of aromatic nitrogens is 2. The molecule has 0 aliphatic rings. The zero-order valence-electron chi connectivity index (χ0n) is 14.3. The van der Waals surface area contributed by atoms with E-state index in [4.69, 9.17) is 4.52 Å². The van der Waals surface area contributed by atoms with Crippen LogP contribution in [0, 0.1) is 0 Å². The van der Waals surface area contributed by atoms with Gasteiger partial charge in [-0.1, -0.05) is 23.4 Å². The third-order valence-corrected chi connectivity index (χ3v) is 5.08. The predicted molar refractivity (Wildman–Crippen MR) is 95.3 cm³/mol. The number of carbonyl (C=O) groups is 1. The Morgan fingerprint density at radius 3 is 2.72 bits per heavy atom. The van der Waals surface area contributed by atoms with E-state index in [-0.39, 0.29) is 12.0 Å². The minimum Gasteiger partial charge on any atom is -0.465 e. The topological polar surface area (TPSA) is 68.5 Å². The molecule has 0 aliphatic carbocycles. The van der Waals surface area contributed by atoms with E-state index < -0.39 is 0 Å². The molecule has 7 heteroatoms. The van der Waals surface area contributed by atoms with Crippen LogP contribution >= 0.6 is 11.3 Å². The van der Waals surface area contributed by atoms with Gasteiger partial charge in [-0.25, -0.2) is 4.79 Å². The third kappa shape index (κ3) is 3.94. The van der Waals surface area contributed by atoms with Crippen molar-refractivity contribution in [2.45, 2.75) is 19.5 Å². The van der Waals surface area contributed by atoms with Gasteiger partial charge in [-0.3, -0.25) is 4.90 Å². The molecule has 0 N–H and O–H groups in total. The molecule has 0 aliphatic heterocycles. The van der Waals surface area contributed by atoms with E-state index in [0.29, 0.717) is 23.8 Å². The normalized spacial score (nSPS) is 12.3. The Balaban J connectivity index is 1.69. The van der Waals surface area contributed by atoms with Crippen molar-refractivity contribution in [1.82, 2.24) is 15.0 Å². The van der Waals surface area contributed by atoms with E-state index in [0.717, 1.165) is 5.56 Å². The van der Waals surface area contributed by atoms with Gasteiger partial charge in [0.2, 0.25) is 11.7 Å². The molecule has 0 radical (unpaired) electrons. The predicted octanol–water partition coefficient (Wildman–Crippen LogP) is 3.78. The second-order valence-corrected chi connectivity index (χ2v) is 6.67. The SMILES string of the molecule is COC(=O)c1ccc(-c2noc(CN(C)C(C)c3cccs3)n2)cc1. The second kappa shape index (κ2) is 7.58. The molecule has 2 aromatic heterocycles. The van der Waals surface area contributed by atoms with E-state index >= 15 is 0 Å². The number of methoxy groups -OCH3 is 1. The fourth-order valence-corrected chi connectivity index (χ4v) is 3.25. The molecule has 3 rings (SSSR count). The average Bonchev–Trinajstić information content (AvgIpc) is 3.32. The maximum Gasteiger partial charge on any atom is 0.337 e. The van der Waals surface area contributed by atoms with Crippen molar-refractivity contribution in [3.8, 4) is 11.4 Å². The van der Waals surface area contributed by atoms with Crippen LogP contribution in [-0.2, 0) is 11.3 Å². The maximum absolute atomic E-state index is 11.5. The van der Waals surface area contributed by atoms with E-state index in [1.165, 1.54) is 12.0 Å². The van der Waals surface area contributed by atoms with E-state index in [2.05, 4.69) is 38.1 Å². The molecule has 6 nitrogen and oxygen atoms in total. The van der Waals surface area contributed by atoms with Gasteiger partial charge in [0.15, 0.2) is 0 Å². The smallest absolute Gasteiger partial charge is 0.337 e. The fraction of sp³-hybridized carbons (Fsp3) is 0.278. The maximum atomic E-state index is 11.5. The standard InChI is InChI=1S/C18H19N3O3S/c1-12(15-5-4-10-25-15)21(2)11-16-19-17(20-24-16)13-6-8-14(9-7-13)18(22)23-3/h4-10,12H,11H2,1-3H3. The van der Waals surface area contributed by atoms with Crippen LogP contribution in [0.25, 0.3) is 11.4 Å². The number of nitrogens with zero attached hydrogens (tertiary/aromatic N) is 3. The van der Waals surface area contributed by atoms with Crippen LogP contribution < -0.4 is 0 Å². The Morgan fingerprint density at radius 2 is 2.08 bits per heavy atom. The minimum atomic E-state index is -0.371. The Labute approximate surface area is 150 Å².